The number of carbonyl (C=O) groups is 3. The van der Waals surface area contributed by atoms with E-state index in [4.69, 9.17) is 14.6 Å². The lowest BCUT2D eigenvalue weighted by atomic mass is 10.2. The Hall–Kier alpha value is -4.01. The maximum absolute atomic E-state index is 12.0. The Labute approximate surface area is 153 Å². The van der Waals surface area contributed by atoms with Crippen LogP contribution in [0, 0.1) is 0 Å². The predicted molar refractivity (Wildman–Crippen MR) is 96.2 cm³/mol. The van der Waals surface area contributed by atoms with Gasteiger partial charge in [0.15, 0.2) is 5.76 Å². The van der Waals surface area contributed by atoms with Crippen LogP contribution in [0.25, 0.3) is 0 Å². The van der Waals surface area contributed by atoms with Crippen LogP contribution in [-0.4, -0.2) is 17.8 Å². The van der Waals surface area contributed by atoms with Gasteiger partial charge >= 0.3 is 6.03 Å². The fraction of sp³-hybridized carbons (Fsp3) is 0.0556. The number of hydrogen-bond acceptors (Lipinski definition) is 5. The Kier molecular flexibility index (Phi) is 5.22. The van der Waals surface area contributed by atoms with Crippen molar-refractivity contribution in [2.75, 3.05) is 10.6 Å². The fourth-order valence-corrected chi connectivity index (χ4v) is 2.22. The summed E-state index contributed by atoms with van der Waals surface area (Å²) in [6.07, 6.45) is 2.74. The molecule has 4 amide bonds. The molecule has 0 aliphatic heterocycles. The van der Waals surface area contributed by atoms with E-state index in [9.17, 15) is 14.4 Å². The number of nitrogens with two attached hydrogens (primary N) is 1. The van der Waals surface area contributed by atoms with Crippen LogP contribution in [0.1, 0.15) is 26.7 Å². The predicted octanol–water partition coefficient (Wildman–Crippen LogP) is 2.55. The van der Waals surface area contributed by atoms with Crippen molar-refractivity contribution in [2.45, 2.75) is 6.54 Å². The van der Waals surface area contributed by atoms with Crippen LogP contribution in [0.5, 0.6) is 0 Å². The molecule has 9 nitrogen and oxygen atoms in total. The molecule has 2 heterocycles. The van der Waals surface area contributed by atoms with Gasteiger partial charge in [0.1, 0.15) is 12.0 Å². The van der Waals surface area contributed by atoms with E-state index in [2.05, 4.69) is 16.0 Å². The first-order valence-electron chi connectivity index (χ1n) is 7.88. The molecule has 9 heteroatoms. The van der Waals surface area contributed by atoms with Crippen LogP contribution in [0.4, 0.5) is 16.2 Å². The highest BCUT2D eigenvalue weighted by atomic mass is 16.4. The molecule has 0 saturated heterocycles. The van der Waals surface area contributed by atoms with Gasteiger partial charge < -0.3 is 30.5 Å². The molecule has 1 aromatic carbocycles. The van der Waals surface area contributed by atoms with Gasteiger partial charge in [0.2, 0.25) is 0 Å². The van der Waals surface area contributed by atoms with E-state index in [1.165, 1.54) is 18.6 Å². The van der Waals surface area contributed by atoms with Crippen molar-refractivity contribution in [1.29, 1.82) is 0 Å². The van der Waals surface area contributed by atoms with E-state index in [0.717, 1.165) is 0 Å². The molecular formula is C18H16N4O5. The average Bonchev–Trinajstić information content (AvgIpc) is 3.32. The number of hydrogen-bond donors (Lipinski definition) is 4. The van der Waals surface area contributed by atoms with E-state index in [1.54, 1.807) is 36.4 Å². The first-order chi connectivity index (χ1) is 13.0. The molecule has 3 aromatic rings. The first kappa shape index (κ1) is 17.8. The Bertz CT molecular complexity index is 962. The lowest BCUT2D eigenvalue weighted by Crippen LogP contribution is -2.28. The van der Waals surface area contributed by atoms with E-state index in [0.29, 0.717) is 22.7 Å². The number of urea groups is 1. The molecule has 2 aromatic heterocycles. The molecule has 0 fully saturated rings. The van der Waals surface area contributed by atoms with Gasteiger partial charge in [0, 0.05) is 11.4 Å². The Balaban J connectivity index is 1.54. The van der Waals surface area contributed by atoms with Gasteiger partial charge in [-0.05, 0) is 36.4 Å². The minimum Gasteiger partial charge on any atom is -0.472 e. The molecule has 27 heavy (non-hydrogen) atoms. The molecule has 0 aliphatic rings. The number of carbonyl (C=O) groups excluding carboxylic acids is 3. The van der Waals surface area contributed by atoms with Gasteiger partial charge in [-0.1, -0.05) is 6.07 Å². The highest BCUT2D eigenvalue weighted by molar-refractivity contribution is 6.04. The van der Waals surface area contributed by atoms with Crippen LogP contribution in [-0.2, 0) is 6.54 Å². The summed E-state index contributed by atoms with van der Waals surface area (Å²) in [5.41, 5.74) is 6.48. The zero-order valence-electron chi connectivity index (χ0n) is 14.0. The number of primary amides is 1. The molecule has 0 saturated carbocycles. The van der Waals surface area contributed by atoms with Gasteiger partial charge in [-0.3, -0.25) is 9.59 Å². The summed E-state index contributed by atoms with van der Waals surface area (Å²) < 4.78 is 10.0. The summed E-state index contributed by atoms with van der Waals surface area (Å²) >= 11 is 0. The third kappa shape index (κ3) is 4.75. The SMILES string of the molecule is NC(=O)c1ccc(CNC(=O)Nc2cccc(NC(=O)c3ccoc3)c2)o1. The van der Waals surface area contributed by atoms with E-state index >= 15 is 0 Å². The minimum absolute atomic E-state index is 0.0215. The molecule has 3 rings (SSSR count). The third-order valence-corrected chi connectivity index (χ3v) is 3.49. The average molecular weight is 368 g/mol. The summed E-state index contributed by atoms with van der Waals surface area (Å²) in [7, 11) is 0. The maximum atomic E-state index is 12.0. The largest absolute Gasteiger partial charge is 0.472 e. The highest BCUT2D eigenvalue weighted by Gasteiger charge is 2.10. The second kappa shape index (κ2) is 7.91. The monoisotopic (exact) mass is 368 g/mol. The Morgan fingerprint density at radius 2 is 1.78 bits per heavy atom. The maximum Gasteiger partial charge on any atom is 0.319 e. The lowest BCUT2D eigenvalue weighted by molar-refractivity contribution is 0.0971. The molecule has 0 spiro atoms. The van der Waals surface area contributed by atoms with Crippen molar-refractivity contribution in [2.24, 2.45) is 5.73 Å². The summed E-state index contributed by atoms with van der Waals surface area (Å²) in [6, 6.07) is 10.7. The number of amides is 4. The van der Waals surface area contributed by atoms with E-state index < -0.39 is 11.9 Å². The van der Waals surface area contributed by atoms with Crippen molar-refractivity contribution in [1.82, 2.24) is 5.32 Å². The molecule has 0 bridgehead atoms. The van der Waals surface area contributed by atoms with Gasteiger partial charge in [-0.2, -0.15) is 0 Å². The second-order valence-corrected chi connectivity index (χ2v) is 5.48. The Morgan fingerprint density at radius 3 is 2.44 bits per heavy atom. The summed E-state index contributed by atoms with van der Waals surface area (Å²) in [5.74, 6) is -0.596. The number of anilines is 2. The quantitative estimate of drug-likeness (QED) is 0.529. The van der Waals surface area contributed by atoms with Gasteiger partial charge in [-0.15, -0.1) is 0 Å². The topological polar surface area (TPSA) is 140 Å². The molecule has 0 atom stereocenters. The van der Waals surface area contributed by atoms with E-state index in [-0.39, 0.29) is 18.2 Å². The normalized spacial score (nSPS) is 10.2. The van der Waals surface area contributed by atoms with Crippen LogP contribution in [0.2, 0.25) is 0 Å². The third-order valence-electron chi connectivity index (χ3n) is 3.49. The molecular weight excluding hydrogens is 352 g/mol. The van der Waals surface area contributed by atoms with Crippen molar-refractivity contribution >= 4 is 29.2 Å². The number of nitrogens with one attached hydrogen (secondary N) is 3. The van der Waals surface area contributed by atoms with Gasteiger partial charge in [-0.25, -0.2) is 4.79 Å². The molecule has 0 aliphatic carbocycles. The minimum atomic E-state index is -0.681. The molecule has 5 N–H and O–H groups in total. The van der Waals surface area contributed by atoms with Crippen LogP contribution >= 0.6 is 0 Å². The van der Waals surface area contributed by atoms with Crippen LogP contribution in [0.15, 0.2) is 63.8 Å². The highest BCUT2D eigenvalue weighted by Crippen LogP contribution is 2.16. The lowest BCUT2D eigenvalue weighted by Gasteiger charge is -2.09. The van der Waals surface area contributed by atoms with Crippen molar-refractivity contribution in [3.63, 3.8) is 0 Å². The van der Waals surface area contributed by atoms with Gasteiger partial charge in [0.25, 0.3) is 11.8 Å². The number of rotatable bonds is 6. The number of benzene rings is 1. The molecule has 138 valence electrons. The smallest absolute Gasteiger partial charge is 0.319 e. The zero-order chi connectivity index (χ0) is 19.2. The number of furan rings is 2. The first-order valence-corrected chi connectivity index (χ1v) is 7.88. The van der Waals surface area contributed by atoms with Crippen LogP contribution in [0.3, 0.4) is 0 Å². The van der Waals surface area contributed by atoms with E-state index in [1.807, 2.05) is 0 Å². The van der Waals surface area contributed by atoms with Crippen molar-refractivity contribution in [3.8, 4) is 0 Å². The van der Waals surface area contributed by atoms with Crippen LogP contribution < -0.4 is 21.7 Å². The molecule has 0 radical (unpaired) electrons. The summed E-state index contributed by atoms with van der Waals surface area (Å²) in [6.45, 7) is 0.0794. The Morgan fingerprint density at radius 1 is 1.00 bits per heavy atom. The van der Waals surface area contributed by atoms with Gasteiger partial charge in [0.05, 0.1) is 18.4 Å². The zero-order valence-corrected chi connectivity index (χ0v) is 14.0. The second-order valence-electron chi connectivity index (χ2n) is 5.48. The summed E-state index contributed by atoms with van der Waals surface area (Å²) in [4.78, 5) is 35.0. The summed E-state index contributed by atoms with van der Waals surface area (Å²) in [5, 5.41) is 7.92. The van der Waals surface area contributed by atoms with Crippen molar-refractivity contribution in [3.05, 3.63) is 72.1 Å². The van der Waals surface area contributed by atoms with Crippen molar-refractivity contribution < 1.29 is 23.2 Å². The fourth-order valence-electron chi connectivity index (χ4n) is 2.22. The standard InChI is InChI=1S/C18H16N4O5/c19-16(23)15-5-4-14(27-15)9-20-18(25)22-13-3-1-2-12(8-13)21-17(24)11-6-7-26-10-11/h1-8,10H,9H2,(H2,19,23)(H,21,24)(H2,20,22,25). The molecule has 0 unspecified atom stereocenters.